The Labute approximate surface area is 127 Å². The molecule has 2 unspecified atom stereocenters. The van der Waals surface area contributed by atoms with Crippen LogP contribution in [0.4, 0.5) is 0 Å². The Morgan fingerprint density at radius 2 is 1.62 bits per heavy atom. The molecule has 0 aliphatic rings. The van der Waals surface area contributed by atoms with Crippen LogP contribution in [-0.4, -0.2) is 17.7 Å². The summed E-state index contributed by atoms with van der Waals surface area (Å²) in [4.78, 5) is 22.6. The van der Waals surface area contributed by atoms with E-state index < -0.39 is 0 Å². The zero-order valence-corrected chi connectivity index (χ0v) is 13.6. The molecule has 0 amide bonds. The molecule has 21 heavy (non-hydrogen) atoms. The summed E-state index contributed by atoms with van der Waals surface area (Å²) in [5.41, 5.74) is 2.10. The Hall–Kier alpha value is -1.64. The van der Waals surface area contributed by atoms with Crippen LogP contribution in [0.15, 0.2) is 18.2 Å². The summed E-state index contributed by atoms with van der Waals surface area (Å²) in [5, 5.41) is 0. The largest absolute Gasteiger partial charge is 0.489 e. The second-order valence-corrected chi connectivity index (χ2v) is 5.86. The van der Waals surface area contributed by atoms with Crippen LogP contribution in [0.3, 0.4) is 0 Å². The lowest BCUT2D eigenvalue weighted by molar-refractivity contribution is -0.118. The minimum absolute atomic E-state index is 0.0810. The number of carbonyl (C=O) groups is 2. The fourth-order valence-electron chi connectivity index (χ4n) is 2.46. The van der Waals surface area contributed by atoms with Crippen molar-refractivity contribution in [2.75, 3.05) is 0 Å². The van der Waals surface area contributed by atoms with E-state index in [0.717, 1.165) is 16.9 Å². The highest BCUT2D eigenvalue weighted by Crippen LogP contribution is 2.26. The minimum atomic E-state index is -0.295. The molecule has 3 nitrogen and oxygen atoms in total. The molecule has 0 spiro atoms. The summed E-state index contributed by atoms with van der Waals surface area (Å²) >= 11 is 0. The Morgan fingerprint density at radius 3 is 2.10 bits per heavy atom. The van der Waals surface area contributed by atoms with Crippen LogP contribution in [0.1, 0.15) is 44.7 Å². The molecule has 1 radical (unpaired) electrons. The monoisotopic (exact) mass is 289 g/mol. The first kappa shape index (κ1) is 17.4. The van der Waals surface area contributed by atoms with Gasteiger partial charge in [-0.2, -0.15) is 0 Å². The number of Topliss-reactive ketones (excluding diaryl/α,β-unsaturated/α-hetero) is 2. The molecule has 0 aliphatic carbocycles. The van der Waals surface area contributed by atoms with Gasteiger partial charge in [0.1, 0.15) is 23.4 Å². The third-order valence-electron chi connectivity index (χ3n) is 3.32. The summed E-state index contributed by atoms with van der Waals surface area (Å²) in [6, 6.07) is 5.97. The standard InChI is InChI=1S/C18H25O3/c1-12(9-15(4)19)10-17(11-16(5)20)21-18-13(2)7-6-8-14(18)3/h6-8,10,12,17H,9,11H2,1-5H3. The zero-order valence-electron chi connectivity index (χ0n) is 13.6. The first-order chi connectivity index (χ1) is 9.79. The number of aryl methyl sites for hydroxylation is 2. The average Bonchev–Trinajstić information content (AvgIpc) is 2.31. The van der Waals surface area contributed by atoms with Gasteiger partial charge in [0.15, 0.2) is 0 Å². The van der Waals surface area contributed by atoms with Gasteiger partial charge in [-0.3, -0.25) is 4.79 Å². The quantitative estimate of drug-likeness (QED) is 0.730. The molecule has 1 aromatic carbocycles. The van der Waals surface area contributed by atoms with Crippen LogP contribution in [0.2, 0.25) is 0 Å². The molecule has 0 saturated carbocycles. The van der Waals surface area contributed by atoms with Gasteiger partial charge in [0.25, 0.3) is 0 Å². The highest BCUT2D eigenvalue weighted by molar-refractivity contribution is 5.77. The lowest BCUT2D eigenvalue weighted by atomic mass is 9.95. The predicted molar refractivity (Wildman–Crippen MR) is 84.4 cm³/mol. The highest BCUT2D eigenvalue weighted by atomic mass is 16.5. The SMILES string of the molecule is CC(=O)CC(C)[CH]C(CC(C)=O)Oc1c(C)cccc1C. The molecule has 0 fully saturated rings. The normalized spacial score (nSPS) is 13.6. The molecule has 115 valence electrons. The van der Waals surface area contributed by atoms with E-state index in [1.807, 2.05) is 45.4 Å². The highest BCUT2D eigenvalue weighted by Gasteiger charge is 2.20. The van der Waals surface area contributed by atoms with Crippen LogP contribution in [0, 0.1) is 26.2 Å². The van der Waals surface area contributed by atoms with Crippen molar-refractivity contribution in [3.8, 4) is 5.75 Å². The van der Waals surface area contributed by atoms with Gasteiger partial charge in [0.05, 0.1) is 0 Å². The molecule has 0 heterocycles. The number of carbonyl (C=O) groups excluding carboxylic acids is 2. The fourth-order valence-corrected chi connectivity index (χ4v) is 2.46. The number of hydrogen-bond acceptors (Lipinski definition) is 3. The van der Waals surface area contributed by atoms with Crippen molar-refractivity contribution in [3.05, 3.63) is 35.7 Å². The molecule has 0 aromatic heterocycles. The molecule has 0 bridgehead atoms. The first-order valence-corrected chi connectivity index (χ1v) is 7.36. The lowest BCUT2D eigenvalue weighted by Gasteiger charge is -2.23. The van der Waals surface area contributed by atoms with Gasteiger partial charge in [0, 0.05) is 19.3 Å². The maximum absolute atomic E-state index is 11.5. The van der Waals surface area contributed by atoms with Crippen molar-refractivity contribution in [2.45, 2.75) is 53.6 Å². The van der Waals surface area contributed by atoms with E-state index in [1.54, 1.807) is 13.8 Å². The molecular formula is C18H25O3. The van der Waals surface area contributed by atoms with Crippen molar-refractivity contribution in [3.63, 3.8) is 0 Å². The molecule has 1 aromatic rings. The maximum atomic E-state index is 11.5. The van der Waals surface area contributed by atoms with E-state index in [2.05, 4.69) is 0 Å². The molecule has 3 heteroatoms. The van der Waals surface area contributed by atoms with E-state index in [9.17, 15) is 9.59 Å². The fraction of sp³-hybridized carbons (Fsp3) is 0.500. The van der Waals surface area contributed by atoms with E-state index in [4.69, 9.17) is 4.74 Å². The number of benzene rings is 1. The van der Waals surface area contributed by atoms with Gasteiger partial charge in [-0.25, -0.2) is 0 Å². The molecular weight excluding hydrogens is 264 g/mol. The number of para-hydroxylation sites is 1. The summed E-state index contributed by atoms with van der Waals surface area (Å²) in [6.45, 7) is 9.10. The number of rotatable bonds is 8. The van der Waals surface area contributed by atoms with Crippen molar-refractivity contribution in [2.24, 2.45) is 5.92 Å². The van der Waals surface area contributed by atoms with Crippen LogP contribution in [-0.2, 0) is 9.59 Å². The van der Waals surface area contributed by atoms with Gasteiger partial charge >= 0.3 is 0 Å². The lowest BCUT2D eigenvalue weighted by Crippen LogP contribution is -2.24. The van der Waals surface area contributed by atoms with Crippen LogP contribution < -0.4 is 4.74 Å². The van der Waals surface area contributed by atoms with Gasteiger partial charge in [0.2, 0.25) is 0 Å². The van der Waals surface area contributed by atoms with E-state index in [1.165, 1.54) is 0 Å². The predicted octanol–water partition coefficient (Wildman–Crippen LogP) is 3.85. The number of ether oxygens (including phenoxy) is 1. The number of hydrogen-bond donors (Lipinski definition) is 0. The average molecular weight is 289 g/mol. The van der Waals surface area contributed by atoms with Crippen molar-refractivity contribution < 1.29 is 14.3 Å². The van der Waals surface area contributed by atoms with Crippen molar-refractivity contribution >= 4 is 11.6 Å². The second kappa shape index (κ2) is 7.96. The third-order valence-corrected chi connectivity index (χ3v) is 3.32. The third kappa shape index (κ3) is 6.11. The van der Waals surface area contributed by atoms with E-state index >= 15 is 0 Å². The van der Waals surface area contributed by atoms with Crippen LogP contribution in [0.5, 0.6) is 5.75 Å². The zero-order chi connectivity index (χ0) is 16.0. The van der Waals surface area contributed by atoms with Crippen LogP contribution >= 0.6 is 0 Å². The Balaban J connectivity index is 2.83. The van der Waals surface area contributed by atoms with Crippen LogP contribution in [0.25, 0.3) is 0 Å². The maximum Gasteiger partial charge on any atom is 0.133 e. The van der Waals surface area contributed by atoms with Gasteiger partial charge in [-0.05, 0) is 44.7 Å². The summed E-state index contributed by atoms with van der Waals surface area (Å²) in [6.07, 6.45) is 2.48. The Kier molecular flexibility index (Phi) is 6.60. The topological polar surface area (TPSA) is 43.4 Å². The second-order valence-electron chi connectivity index (χ2n) is 5.86. The molecule has 0 N–H and O–H groups in total. The summed E-state index contributed by atoms with van der Waals surface area (Å²) < 4.78 is 6.05. The van der Waals surface area contributed by atoms with Gasteiger partial charge in [-0.15, -0.1) is 0 Å². The number of ketones is 2. The first-order valence-electron chi connectivity index (χ1n) is 7.36. The Bertz CT molecular complexity index is 485. The molecule has 0 saturated heterocycles. The minimum Gasteiger partial charge on any atom is -0.489 e. The smallest absolute Gasteiger partial charge is 0.133 e. The molecule has 0 aliphatic heterocycles. The molecule has 1 rings (SSSR count). The van der Waals surface area contributed by atoms with Crippen molar-refractivity contribution in [1.82, 2.24) is 0 Å². The van der Waals surface area contributed by atoms with E-state index in [0.29, 0.717) is 12.8 Å². The Morgan fingerprint density at radius 1 is 1.10 bits per heavy atom. The van der Waals surface area contributed by atoms with Gasteiger partial charge < -0.3 is 9.53 Å². The van der Waals surface area contributed by atoms with Gasteiger partial charge in [-0.1, -0.05) is 25.1 Å². The molecule has 2 atom stereocenters. The van der Waals surface area contributed by atoms with Crippen molar-refractivity contribution in [1.29, 1.82) is 0 Å². The summed E-state index contributed by atoms with van der Waals surface area (Å²) in [5.74, 6) is 1.15. The summed E-state index contributed by atoms with van der Waals surface area (Å²) in [7, 11) is 0. The van der Waals surface area contributed by atoms with E-state index in [-0.39, 0.29) is 23.6 Å².